The number of anilines is 1. The number of nitrogens with zero attached hydrogens (tertiary/aromatic N) is 1. The van der Waals surface area contributed by atoms with Crippen LogP contribution in [0, 0.1) is 5.82 Å². The molecule has 3 nitrogen and oxygen atoms in total. The van der Waals surface area contributed by atoms with Crippen LogP contribution in [0.5, 0.6) is 0 Å². The quantitative estimate of drug-likeness (QED) is 0.656. The van der Waals surface area contributed by atoms with Gasteiger partial charge < -0.3 is 10.2 Å². The number of halogens is 3. The van der Waals surface area contributed by atoms with Crippen molar-refractivity contribution in [2.45, 2.75) is 0 Å². The first-order chi connectivity index (χ1) is 9.04. The number of hydrogen-bond acceptors (Lipinski definition) is 3. The van der Waals surface area contributed by atoms with Crippen LogP contribution in [-0.4, -0.2) is 4.98 Å². The second kappa shape index (κ2) is 4.51. The van der Waals surface area contributed by atoms with Gasteiger partial charge in [0, 0.05) is 16.2 Å². The predicted octanol–water partition coefficient (Wildman–Crippen LogP) is 4.63. The monoisotopic (exact) mass is 340 g/mol. The molecule has 0 aliphatic rings. The van der Waals surface area contributed by atoms with E-state index in [0.29, 0.717) is 28.2 Å². The Morgan fingerprint density at radius 3 is 2.84 bits per heavy atom. The minimum atomic E-state index is -0.455. The maximum atomic E-state index is 13.3. The lowest BCUT2D eigenvalue weighted by atomic mass is 10.2. The molecule has 6 heteroatoms. The van der Waals surface area contributed by atoms with Crippen molar-refractivity contribution in [3.05, 3.63) is 45.6 Å². The van der Waals surface area contributed by atoms with Crippen LogP contribution >= 0.6 is 27.5 Å². The minimum absolute atomic E-state index is 0.189. The van der Waals surface area contributed by atoms with Crippen LogP contribution in [0.3, 0.4) is 0 Å². The van der Waals surface area contributed by atoms with E-state index in [-0.39, 0.29) is 5.02 Å². The van der Waals surface area contributed by atoms with Gasteiger partial charge in [0.25, 0.3) is 0 Å². The Kier molecular flexibility index (Phi) is 2.95. The molecule has 0 aliphatic heterocycles. The largest absolute Gasteiger partial charge is 0.434 e. The smallest absolute Gasteiger partial charge is 0.228 e. The van der Waals surface area contributed by atoms with Crippen molar-refractivity contribution in [2.24, 2.45) is 0 Å². The molecule has 96 valence electrons. The fourth-order valence-corrected chi connectivity index (χ4v) is 2.44. The van der Waals surface area contributed by atoms with E-state index in [1.165, 1.54) is 12.1 Å². The van der Waals surface area contributed by atoms with Gasteiger partial charge in [0.1, 0.15) is 11.3 Å². The molecular weight excluding hydrogens is 335 g/mol. The lowest BCUT2D eigenvalue weighted by molar-refractivity contribution is 0.614. The van der Waals surface area contributed by atoms with Gasteiger partial charge in [-0.3, -0.25) is 0 Å². The van der Waals surface area contributed by atoms with Crippen molar-refractivity contribution in [3.63, 3.8) is 0 Å². The zero-order valence-corrected chi connectivity index (χ0v) is 11.8. The fourth-order valence-electron chi connectivity index (χ4n) is 1.78. The molecule has 2 aromatic carbocycles. The van der Waals surface area contributed by atoms with Crippen molar-refractivity contribution < 1.29 is 8.81 Å². The van der Waals surface area contributed by atoms with Gasteiger partial charge in [-0.2, -0.15) is 0 Å². The molecule has 0 fully saturated rings. The van der Waals surface area contributed by atoms with Crippen LogP contribution < -0.4 is 5.73 Å². The summed E-state index contributed by atoms with van der Waals surface area (Å²) in [5.74, 6) is -0.120. The summed E-state index contributed by atoms with van der Waals surface area (Å²) in [4.78, 5) is 4.23. The molecule has 2 N–H and O–H groups in total. The summed E-state index contributed by atoms with van der Waals surface area (Å²) in [6.45, 7) is 0. The number of benzene rings is 2. The summed E-state index contributed by atoms with van der Waals surface area (Å²) < 4.78 is 19.6. The zero-order valence-electron chi connectivity index (χ0n) is 9.45. The topological polar surface area (TPSA) is 52.0 Å². The standard InChI is InChI=1S/C13H7BrClFN2O/c14-9-2-1-7(17)5-8(9)13-18-11-4-6(16)3-10(15)12(11)19-13/h1-5H,17H2. The van der Waals surface area contributed by atoms with Crippen molar-refractivity contribution in [1.82, 2.24) is 4.98 Å². The van der Waals surface area contributed by atoms with Gasteiger partial charge in [-0.1, -0.05) is 11.6 Å². The van der Waals surface area contributed by atoms with Gasteiger partial charge in [-0.15, -0.1) is 0 Å². The van der Waals surface area contributed by atoms with Gasteiger partial charge in [0.05, 0.1) is 10.6 Å². The van der Waals surface area contributed by atoms with Crippen LogP contribution in [0.15, 0.2) is 39.2 Å². The molecule has 3 aromatic rings. The third kappa shape index (κ3) is 2.19. The summed E-state index contributed by atoms with van der Waals surface area (Å²) in [5, 5.41) is 0.189. The molecule has 0 amide bonds. The lowest BCUT2D eigenvalue weighted by Gasteiger charge is -2.00. The van der Waals surface area contributed by atoms with Crippen LogP contribution in [-0.2, 0) is 0 Å². The fraction of sp³-hybridized carbons (Fsp3) is 0. The van der Waals surface area contributed by atoms with E-state index in [1.54, 1.807) is 18.2 Å². The van der Waals surface area contributed by atoms with E-state index in [9.17, 15) is 4.39 Å². The van der Waals surface area contributed by atoms with Crippen molar-refractivity contribution >= 4 is 44.3 Å². The first-order valence-corrected chi connectivity index (χ1v) is 6.52. The molecule has 0 radical (unpaired) electrons. The SMILES string of the molecule is Nc1ccc(Br)c(-c2nc3cc(F)cc(Cl)c3o2)c1. The summed E-state index contributed by atoms with van der Waals surface area (Å²) in [5.41, 5.74) is 7.73. The number of oxazole rings is 1. The number of fused-ring (bicyclic) bond motifs is 1. The van der Waals surface area contributed by atoms with Crippen LogP contribution in [0.4, 0.5) is 10.1 Å². The van der Waals surface area contributed by atoms with E-state index in [2.05, 4.69) is 20.9 Å². The molecule has 0 atom stereocenters. The summed E-state index contributed by atoms with van der Waals surface area (Å²) in [7, 11) is 0. The van der Waals surface area contributed by atoms with Gasteiger partial charge in [-0.05, 0) is 40.2 Å². The van der Waals surface area contributed by atoms with Crippen molar-refractivity contribution in [3.8, 4) is 11.5 Å². The minimum Gasteiger partial charge on any atom is -0.434 e. The second-order valence-corrected chi connectivity index (χ2v) is 5.26. The van der Waals surface area contributed by atoms with Gasteiger partial charge in [0.15, 0.2) is 5.58 Å². The van der Waals surface area contributed by atoms with Crippen molar-refractivity contribution in [1.29, 1.82) is 0 Å². The Labute approximate surface area is 121 Å². The van der Waals surface area contributed by atoms with Gasteiger partial charge in [0.2, 0.25) is 5.89 Å². The van der Waals surface area contributed by atoms with Gasteiger partial charge >= 0.3 is 0 Å². The number of hydrogen-bond donors (Lipinski definition) is 1. The lowest BCUT2D eigenvalue weighted by Crippen LogP contribution is -1.86. The highest BCUT2D eigenvalue weighted by molar-refractivity contribution is 9.10. The Bertz CT molecular complexity index is 788. The average Bonchev–Trinajstić information content (AvgIpc) is 2.76. The maximum absolute atomic E-state index is 13.3. The van der Waals surface area contributed by atoms with E-state index in [4.69, 9.17) is 21.8 Å². The summed E-state index contributed by atoms with van der Waals surface area (Å²) in [6, 6.07) is 7.73. The molecule has 0 unspecified atom stereocenters. The van der Waals surface area contributed by atoms with Crippen molar-refractivity contribution in [2.75, 3.05) is 5.73 Å². The Hall–Kier alpha value is -1.59. The Balaban J connectivity index is 2.26. The van der Waals surface area contributed by atoms with E-state index in [1.807, 2.05) is 0 Å². The molecule has 19 heavy (non-hydrogen) atoms. The van der Waals surface area contributed by atoms with Crippen LogP contribution in [0.2, 0.25) is 5.02 Å². The molecule has 0 saturated carbocycles. The number of nitrogens with two attached hydrogens (primary N) is 1. The summed E-state index contributed by atoms with van der Waals surface area (Å²) in [6.07, 6.45) is 0. The van der Waals surface area contributed by atoms with E-state index < -0.39 is 5.82 Å². The second-order valence-electron chi connectivity index (χ2n) is 3.99. The Morgan fingerprint density at radius 2 is 2.05 bits per heavy atom. The number of rotatable bonds is 1. The number of aromatic nitrogens is 1. The first kappa shape index (κ1) is 12.4. The highest BCUT2D eigenvalue weighted by Crippen LogP contribution is 2.34. The van der Waals surface area contributed by atoms with Gasteiger partial charge in [-0.25, -0.2) is 9.37 Å². The number of nitrogen functional groups attached to an aromatic ring is 1. The zero-order chi connectivity index (χ0) is 13.6. The highest BCUT2D eigenvalue weighted by atomic mass is 79.9. The molecule has 3 rings (SSSR count). The predicted molar refractivity (Wildman–Crippen MR) is 76.5 cm³/mol. The third-order valence-electron chi connectivity index (χ3n) is 2.63. The molecule has 1 heterocycles. The first-order valence-electron chi connectivity index (χ1n) is 5.35. The van der Waals surface area contributed by atoms with Crippen LogP contribution in [0.25, 0.3) is 22.6 Å². The van der Waals surface area contributed by atoms with E-state index in [0.717, 1.165) is 4.47 Å². The molecule has 0 aliphatic carbocycles. The molecule has 0 bridgehead atoms. The summed E-state index contributed by atoms with van der Waals surface area (Å²) >= 11 is 9.32. The highest BCUT2D eigenvalue weighted by Gasteiger charge is 2.14. The van der Waals surface area contributed by atoms with E-state index >= 15 is 0 Å². The average molecular weight is 342 g/mol. The molecule has 1 aromatic heterocycles. The molecule has 0 spiro atoms. The third-order valence-corrected chi connectivity index (χ3v) is 3.60. The molecular formula is C13H7BrClFN2O. The molecule has 0 saturated heterocycles. The normalized spacial score (nSPS) is 11.1. The van der Waals surface area contributed by atoms with Crippen LogP contribution in [0.1, 0.15) is 0 Å². The maximum Gasteiger partial charge on any atom is 0.228 e. The Morgan fingerprint density at radius 1 is 1.26 bits per heavy atom.